The first-order valence-corrected chi connectivity index (χ1v) is 10.3. The molecule has 11 heteroatoms. The van der Waals surface area contributed by atoms with Gasteiger partial charge in [0.05, 0.1) is 6.54 Å². The Morgan fingerprint density at radius 2 is 2.06 bits per heavy atom. The van der Waals surface area contributed by atoms with Gasteiger partial charge in [0.1, 0.15) is 0 Å². The summed E-state index contributed by atoms with van der Waals surface area (Å²) < 4.78 is 41.1. The second kappa shape index (κ2) is 14.3. The lowest BCUT2D eigenvalue weighted by Gasteiger charge is -2.20. The summed E-state index contributed by atoms with van der Waals surface area (Å²) in [6.07, 6.45) is 1.68. The van der Waals surface area contributed by atoms with Gasteiger partial charge in [-0.15, -0.1) is 24.0 Å². The van der Waals surface area contributed by atoms with Gasteiger partial charge in [0.2, 0.25) is 11.8 Å². The zero-order chi connectivity index (χ0) is 21.8. The van der Waals surface area contributed by atoms with E-state index in [4.69, 9.17) is 0 Å². The zero-order valence-electron chi connectivity index (χ0n) is 17.7. The van der Waals surface area contributed by atoms with Crippen LogP contribution in [0.25, 0.3) is 0 Å². The number of pyridine rings is 1. The Kier molecular flexibility index (Phi) is 12.6. The fourth-order valence-corrected chi connectivity index (χ4v) is 3.01. The number of hydrogen-bond acceptors (Lipinski definition) is 4. The van der Waals surface area contributed by atoms with E-state index in [1.807, 2.05) is 11.8 Å². The summed E-state index contributed by atoms with van der Waals surface area (Å²) in [4.78, 5) is 22.3. The van der Waals surface area contributed by atoms with E-state index in [1.165, 1.54) is 12.3 Å². The highest BCUT2D eigenvalue weighted by Gasteiger charge is 2.28. The van der Waals surface area contributed by atoms with Crippen molar-refractivity contribution in [3.05, 3.63) is 23.9 Å². The molecule has 1 aromatic rings. The van der Waals surface area contributed by atoms with Gasteiger partial charge in [0, 0.05) is 44.9 Å². The average molecular weight is 557 g/mol. The molecule has 1 fully saturated rings. The van der Waals surface area contributed by atoms with E-state index in [0.29, 0.717) is 32.0 Å². The number of aromatic nitrogens is 1. The summed E-state index contributed by atoms with van der Waals surface area (Å²) in [5.41, 5.74) is 0.752. The number of guanidine groups is 1. The molecule has 0 saturated carbocycles. The standard InChI is InChI=1S/C20H30F3N5O2.HI/c1-2-24-19(25-10-6-12-28-11-5-3-4-7-18(28)29)27-14-16-8-9-17(26-13-16)30-15-20(21,22)23;/h8-9,13H,2-7,10-12,14-15H2,1H3,(H2,24,25,27);1H. The number of rotatable bonds is 9. The molecule has 0 aliphatic carbocycles. The van der Waals surface area contributed by atoms with E-state index in [9.17, 15) is 18.0 Å². The van der Waals surface area contributed by atoms with E-state index < -0.39 is 12.8 Å². The Morgan fingerprint density at radius 1 is 1.26 bits per heavy atom. The van der Waals surface area contributed by atoms with Crippen LogP contribution in [0.3, 0.4) is 0 Å². The first-order chi connectivity index (χ1) is 14.4. The first-order valence-electron chi connectivity index (χ1n) is 10.3. The molecule has 2 rings (SSSR count). The normalized spacial score (nSPS) is 15.2. The van der Waals surface area contributed by atoms with Crippen molar-refractivity contribution < 1.29 is 22.7 Å². The lowest BCUT2D eigenvalue weighted by Crippen LogP contribution is -2.39. The number of carbonyl (C=O) groups is 1. The third kappa shape index (κ3) is 11.4. The molecule has 0 radical (unpaired) electrons. The minimum absolute atomic E-state index is 0. The lowest BCUT2D eigenvalue weighted by molar-refractivity contribution is -0.154. The molecule has 1 amide bonds. The second-order valence-corrected chi connectivity index (χ2v) is 7.08. The van der Waals surface area contributed by atoms with Gasteiger partial charge in [-0.05, 0) is 31.7 Å². The minimum Gasteiger partial charge on any atom is -0.468 e. The van der Waals surface area contributed by atoms with Crippen LogP contribution in [0.5, 0.6) is 5.88 Å². The number of hydrogen-bond donors (Lipinski definition) is 2. The molecule has 2 heterocycles. The number of nitrogens with zero attached hydrogens (tertiary/aromatic N) is 3. The van der Waals surface area contributed by atoms with E-state index in [0.717, 1.165) is 44.3 Å². The number of amides is 1. The predicted octanol–water partition coefficient (Wildman–Crippen LogP) is 3.49. The Labute approximate surface area is 198 Å². The van der Waals surface area contributed by atoms with Gasteiger partial charge in [-0.25, -0.2) is 9.98 Å². The SMILES string of the molecule is CCNC(=NCc1ccc(OCC(F)(F)F)nc1)NCCCN1CCCCCC1=O.I. The van der Waals surface area contributed by atoms with Crippen molar-refractivity contribution in [2.75, 3.05) is 32.8 Å². The van der Waals surface area contributed by atoms with Gasteiger partial charge in [-0.2, -0.15) is 13.2 Å². The molecular weight excluding hydrogens is 526 g/mol. The number of nitrogens with one attached hydrogen (secondary N) is 2. The van der Waals surface area contributed by atoms with Crippen LogP contribution < -0.4 is 15.4 Å². The summed E-state index contributed by atoms with van der Waals surface area (Å²) in [7, 11) is 0. The van der Waals surface area contributed by atoms with Crippen molar-refractivity contribution in [2.45, 2.75) is 51.7 Å². The lowest BCUT2D eigenvalue weighted by atomic mass is 10.2. The van der Waals surface area contributed by atoms with Gasteiger partial charge in [-0.1, -0.05) is 12.5 Å². The molecule has 1 aromatic heterocycles. The van der Waals surface area contributed by atoms with E-state index in [2.05, 4.69) is 25.3 Å². The first kappa shape index (κ1) is 27.2. The molecule has 176 valence electrons. The van der Waals surface area contributed by atoms with Crippen LogP contribution in [-0.2, 0) is 11.3 Å². The number of alkyl halides is 3. The molecule has 1 aliphatic rings. The van der Waals surface area contributed by atoms with Crippen molar-refractivity contribution in [1.82, 2.24) is 20.5 Å². The molecule has 1 saturated heterocycles. The highest BCUT2D eigenvalue weighted by molar-refractivity contribution is 14.0. The summed E-state index contributed by atoms with van der Waals surface area (Å²) in [6, 6.07) is 3.03. The maximum atomic E-state index is 12.2. The molecule has 0 atom stereocenters. The van der Waals surface area contributed by atoms with E-state index in [1.54, 1.807) is 6.07 Å². The molecular formula is C20H31F3IN5O2. The van der Waals surface area contributed by atoms with Crippen LogP contribution in [0.1, 0.15) is 44.6 Å². The largest absolute Gasteiger partial charge is 0.468 e. The van der Waals surface area contributed by atoms with Crippen molar-refractivity contribution >= 4 is 35.8 Å². The Bertz CT molecular complexity index is 686. The van der Waals surface area contributed by atoms with Gasteiger partial charge >= 0.3 is 6.18 Å². The van der Waals surface area contributed by atoms with Crippen LogP contribution in [0, 0.1) is 0 Å². The maximum Gasteiger partial charge on any atom is 0.422 e. The van der Waals surface area contributed by atoms with Gasteiger partial charge in [0.25, 0.3) is 0 Å². The molecule has 0 aromatic carbocycles. The van der Waals surface area contributed by atoms with Crippen LogP contribution in [0.15, 0.2) is 23.3 Å². The number of halogens is 4. The Balaban J connectivity index is 0.00000480. The van der Waals surface area contributed by atoms with Crippen LogP contribution in [0.4, 0.5) is 13.2 Å². The summed E-state index contributed by atoms with van der Waals surface area (Å²) in [6.45, 7) is 3.86. The quantitative estimate of drug-likeness (QED) is 0.211. The van der Waals surface area contributed by atoms with Crippen molar-refractivity contribution in [3.8, 4) is 5.88 Å². The van der Waals surface area contributed by atoms with Gasteiger partial charge in [-0.3, -0.25) is 4.79 Å². The van der Waals surface area contributed by atoms with Crippen LogP contribution in [0.2, 0.25) is 0 Å². The second-order valence-electron chi connectivity index (χ2n) is 7.08. The number of ether oxygens (including phenoxy) is 1. The summed E-state index contributed by atoms with van der Waals surface area (Å²) >= 11 is 0. The molecule has 0 bridgehead atoms. The van der Waals surface area contributed by atoms with Crippen LogP contribution >= 0.6 is 24.0 Å². The van der Waals surface area contributed by atoms with Gasteiger partial charge in [0.15, 0.2) is 12.6 Å². The third-order valence-electron chi connectivity index (χ3n) is 4.51. The molecule has 2 N–H and O–H groups in total. The monoisotopic (exact) mass is 557 g/mol. The average Bonchev–Trinajstić information content (AvgIpc) is 2.92. The van der Waals surface area contributed by atoms with E-state index >= 15 is 0 Å². The molecule has 0 unspecified atom stereocenters. The van der Waals surface area contributed by atoms with Crippen molar-refractivity contribution in [2.24, 2.45) is 4.99 Å². The fraction of sp³-hybridized carbons (Fsp3) is 0.650. The fourth-order valence-electron chi connectivity index (χ4n) is 3.01. The van der Waals surface area contributed by atoms with Crippen molar-refractivity contribution in [3.63, 3.8) is 0 Å². The maximum absolute atomic E-state index is 12.2. The minimum atomic E-state index is -4.39. The highest BCUT2D eigenvalue weighted by Crippen LogP contribution is 2.17. The topological polar surface area (TPSA) is 78.9 Å². The third-order valence-corrected chi connectivity index (χ3v) is 4.51. The number of carbonyl (C=O) groups excluding carboxylic acids is 1. The highest BCUT2D eigenvalue weighted by atomic mass is 127. The molecule has 31 heavy (non-hydrogen) atoms. The van der Waals surface area contributed by atoms with Crippen LogP contribution in [-0.4, -0.2) is 60.7 Å². The number of aliphatic imine (C=N–C) groups is 1. The molecule has 7 nitrogen and oxygen atoms in total. The summed E-state index contributed by atoms with van der Waals surface area (Å²) in [5, 5.41) is 6.39. The van der Waals surface area contributed by atoms with Gasteiger partial charge < -0.3 is 20.3 Å². The zero-order valence-corrected chi connectivity index (χ0v) is 20.0. The molecule has 0 spiro atoms. The number of likely N-dealkylation sites (tertiary alicyclic amines) is 1. The van der Waals surface area contributed by atoms with Crippen molar-refractivity contribution in [1.29, 1.82) is 0 Å². The predicted molar refractivity (Wildman–Crippen MR) is 124 cm³/mol. The Morgan fingerprint density at radius 3 is 2.74 bits per heavy atom. The molecule has 1 aliphatic heterocycles. The summed E-state index contributed by atoms with van der Waals surface area (Å²) in [5.74, 6) is 0.800. The Hall–Kier alpha value is -1.79. The van der Waals surface area contributed by atoms with E-state index in [-0.39, 0.29) is 35.8 Å². The smallest absolute Gasteiger partial charge is 0.422 e.